The Morgan fingerprint density at radius 2 is 2.33 bits per heavy atom. The molecule has 0 spiro atoms. The van der Waals surface area contributed by atoms with E-state index in [0.717, 1.165) is 11.1 Å². The first-order valence-electron chi connectivity index (χ1n) is 5.32. The van der Waals surface area contributed by atoms with E-state index in [1.54, 1.807) is 0 Å². The van der Waals surface area contributed by atoms with Crippen molar-refractivity contribution in [3.05, 3.63) is 29.8 Å². The minimum atomic E-state index is -1.17. The van der Waals surface area contributed by atoms with E-state index in [0.29, 0.717) is 0 Å². The summed E-state index contributed by atoms with van der Waals surface area (Å²) in [6, 6.07) is 0.144. The Balaban J connectivity index is 2.27. The number of halogens is 1. The van der Waals surface area contributed by atoms with Crippen molar-refractivity contribution in [2.24, 2.45) is 0 Å². The summed E-state index contributed by atoms with van der Waals surface area (Å²) < 4.78 is 18.4. The molecule has 1 amide bonds. The van der Waals surface area contributed by atoms with E-state index in [2.05, 4.69) is 4.98 Å². The normalized spacial score (nSPS) is 19.6. The van der Waals surface area contributed by atoms with E-state index in [4.69, 9.17) is 9.84 Å². The van der Waals surface area contributed by atoms with E-state index in [9.17, 15) is 14.0 Å². The zero-order chi connectivity index (χ0) is 13.1. The molecule has 7 heteroatoms. The van der Waals surface area contributed by atoms with Crippen LogP contribution in [0.4, 0.5) is 4.39 Å². The number of hydrogen-bond donors (Lipinski definition) is 1. The number of nitrogens with zero attached hydrogens (tertiary/aromatic N) is 2. The number of carbonyl (C=O) groups excluding carboxylic acids is 1. The second-order valence-corrected chi connectivity index (χ2v) is 3.78. The molecule has 0 bridgehead atoms. The minimum Gasteiger partial charge on any atom is -0.480 e. The first-order chi connectivity index (χ1) is 8.61. The van der Waals surface area contributed by atoms with Gasteiger partial charge in [0.25, 0.3) is 5.91 Å². The molecular formula is C11H11FN2O4. The highest BCUT2D eigenvalue weighted by atomic mass is 19.1. The van der Waals surface area contributed by atoms with Gasteiger partial charge >= 0.3 is 5.97 Å². The van der Waals surface area contributed by atoms with E-state index in [1.165, 1.54) is 12.3 Å². The molecule has 0 radical (unpaired) electrons. The molecule has 2 rings (SSSR count). The van der Waals surface area contributed by atoms with Gasteiger partial charge in [-0.2, -0.15) is 0 Å². The third kappa shape index (κ3) is 2.30. The van der Waals surface area contributed by atoms with Crippen LogP contribution in [0, 0.1) is 5.82 Å². The predicted octanol–water partition coefficient (Wildman–Crippen LogP) is 0.146. The second-order valence-electron chi connectivity index (χ2n) is 3.78. The van der Waals surface area contributed by atoms with Gasteiger partial charge in [-0.1, -0.05) is 0 Å². The number of rotatable bonds is 2. The lowest BCUT2D eigenvalue weighted by atomic mass is 10.1. The maximum Gasteiger partial charge on any atom is 0.328 e. The quantitative estimate of drug-likeness (QED) is 0.812. The fraction of sp³-hybridized carbons (Fsp3) is 0.364. The van der Waals surface area contributed by atoms with E-state index in [-0.39, 0.29) is 25.3 Å². The molecule has 2 heterocycles. The predicted molar refractivity (Wildman–Crippen MR) is 57.5 cm³/mol. The zero-order valence-corrected chi connectivity index (χ0v) is 9.38. The smallest absolute Gasteiger partial charge is 0.328 e. The van der Waals surface area contributed by atoms with Crippen LogP contribution >= 0.6 is 0 Å². The molecule has 1 aromatic rings. The van der Waals surface area contributed by atoms with Gasteiger partial charge in [-0.3, -0.25) is 9.78 Å². The summed E-state index contributed by atoms with van der Waals surface area (Å²) in [6.45, 7) is 0.271. The number of pyridine rings is 1. The average Bonchev–Trinajstić information content (AvgIpc) is 2.38. The molecule has 6 nitrogen and oxygen atoms in total. The fourth-order valence-electron chi connectivity index (χ4n) is 1.75. The van der Waals surface area contributed by atoms with Crippen molar-refractivity contribution in [3.63, 3.8) is 0 Å². The molecule has 1 fully saturated rings. The van der Waals surface area contributed by atoms with Gasteiger partial charge < -0.3 is 14.7 Å². The molecule has 18 heavy (non-hydrogen) atoms. The van der Waals surface area contributed by atoms with Gasteiger partial charge in [-0.25, -0.2) is 9.18 Å². The van der Waals surface area contributed by atoms with Crippen LogP contribution in [0.15, 0.2) is 18.5 Å². The first kappa shape index (κ1) is 12.4. The summed E-state index contributed by atoms with van der Waals surface area (Å²) in [6.07, 6.45) is 2.20. The molecule has 0 saturated carbocycles. The summed E-state index contributed by atoms with van der Waals surface area (Å²) in [5, 5.41) is 8.99. The topological polar surface area (TPSA) is 79.7 Å². The van der Waals surface area contributed by atoms with Crippen molar-refractivity contribution in [1.82, 2.24) is 9.88 Å². The number of carboxylic acid groups (broad SMARTS) is 1. The van der Waals surface area contributed by atoms with E-state index < -0.39 is 23.7 Å². The molecule has 1 atom stereocenters. The van der Waals surface area contributed by atoms with Crippen molar-refractivity contribution < 1.29 is 23.8 Å². The van der Waals surface area contributed by atoms with Gasteiger partial charge in [0.15, 0.2) is 11.9 Å². The van der Waals surface area contributed by atoms with Gasteiger partial charge in [0, 0.05) is 12.7 Å². The molecular weight excluding hydrogens is 243 g/mol. The highest BCUT2D eigenvalue weighted by molar-refractivity contribution is 5.96. The van der Waals surface area contributed by atoms with Crippen LogP contribution in [-0.2, 0) is 9.53 Å². The van der Waals surface area contributed by atoms with Crippen LogP contribution in [0.1, 0.15) is 10.4 Å². The van der Waals surface area contributed by atoms with Crippen LogP contribution in [-0.4, -0.2) is 52.7 Å². The van der Waals surface area contributed by atoms with Crippen molar-refractivity contribution >= 4 is 11.9 Å². The van der Waals surface area contributed by atoms with Crippen LogP contribution in [0.25, 0.3) is 0 Å². The molecule has 1 aliphatic rings. The SMILES string of the molecule is O=C(O)C1COCCN1C(=O)c1ccncc1F. The maximum atomic E-state index is 13.4. The zero-order valence-electron chi connectivity index (χ0n) is 9.38. The number of aliphatic carboxylic acids is 1. The third-order valence-electron chi connectivity index (χ3n) is 2.68. The van der Waals surface area contributed by atoms with Crippen LogP contribution in [0.2, 0.25) is 0 Å². The lowest BCUT2D eigenvalue weighted by Gasteiger charge is -2.32. The summed E-state index contributed by atoms with van der Waals surface area (Å²) in [5.74, 6) is -2.60. The summed E-state index contributed by atoms with van der Waals surface area (Å²) in [5.41, 5.74) is -0.182. The van der Waals surface area contributed by atoms with Crippen LogP contribution in [0.5, 0.6) is 0 Å². The Morgan fingerprint density at radius 3 is 3.00 bits per heavy atom. The van der Waals surface area contributed by atoms with Crippen LogP contribution < -0.4 is 0 Å². The van der Waals surface area contributed by atoms with E-state index >= 15 is 0 Å². The molecule has 1 N–H and O–H groups in total. The molecule has 1 aliphatic heterocycles. The number of carbonyl (C=O) groups is 2. The Kier molecular flexibility index (Phi) is 3.52. The fourth-order valence-corrected chi connectivity index (χ4v) is 1.75. The Labute approximate surface area is 102 Å². The van der Waals surface area contributed by atoms with Gasteiger partial charge in [-0.05, 0) is 6.07 Å². The molecule has 1 aromatic heterocycles. The summed E-state index contributed by atoms with van der Waals surface area (Å²) >= 11 is 0. The van der Waals surface area contributed by atoms with Crippen LogP contribution in [0.3, 0.4) is 0 Å². The van der Waals surface area contributed by atoms with E-state index in [1.807, 2.05) is 0 Å². The maximum absolute atomic E-state index is 13.4. The standard InChI is InChI=1S/C11H11FN2O4/c12-8-5-13-2-1-7(8)10(15)14-3-4-18-6-9(14)11(16)17/h1-2,5,9H,3-4,6H2,(H,16,17). The highest BCUT2D eigenvalue weighted by Crippen LogP contribution is 2.14. The molecule has 1 saturated heterocycles. The Morgan fingerprint density at radius 1 is 1.56 bits per heavy atom. The number of aromatic nitrogens is 1. The van der Waals surface area contributed by atoms with Crippen molar-refractivity contribution in [3.8, 4) is 0 Å². The number of hydrogen-bond acceptors (Lipinski definition) is 4. The lowest BCUT2D eigenvalue weighted by Crippen LogP contribution is -2.52. The number of ether oxygens (including phenoxy) is 1. The second kappa shape index (κ2) is 5.09. The molecule has 0 aromatic carbocycles. The van der Waals surface area contributed by atoms with Crippen molar-refractivity contribution in [2.75, 3.05) is 19.8 Å². The Bertz CT molecular complexity index is 480. The monoisotopic (exact) mass is 254 g/mol. The van der Waals surface area contributed by atoms with Gasteiger partial charge in [-0.15, -0.1) is 0 Å². The number of amides is 1. The van der Waals surface area contributed by atoms with Crippen molar-refractivity contribution in [2.45, 2.75) is 6.04 Å². The largest absolute Gasteiger partial charge is 0.480 e. The lowest BCUT2D eigenvalue weighted by molar-refractivity contribution is -0.147. The average molecular weight is 254 g/mol. The highest BCUT2D eigenvalue weighted by Gasteiger charge is 2.34. The first-order valence-corrected chi connectivity index (χ1v) is 5.32. The van der Waals surface area contributed by atoms with Gasteiger partial charge in [0.05, 0.1) is 25.0 Å². The molecule has 0 aliphatic carbocycles. The molecule has 96 valence electrons. The number of morpholine rings is 1. The Hall–Kier alpha value is -2.02. The third-order valence-corrected chi connectivity index (χ3v) is 2.68. The summed E-state index contributed by atoms with van der Waals surface area (Å²) in [7, 11) is 0. The minimum absolute atomic E-state index is 0.0895. The number of carboxylic acids is 1. The summed E-state index contributed by atoms with van der Waals surface area (Å²) in [4.78, 5) is 27.7. The van der Waals surface area contributed by atoms with Gasteiger partial charge in [0.1, 0.15) is 0 Å². The van der Waals surface area contributed by atoms with Crippen molar-refractivity contribution in [1.29, 1.82) is 0 Å². The van der Waals surface area contributed by atoms with Gasteiger partial charge in [0.2, 0.25) is 0 Å². The molecule has 1 unspecified atom stereocenters.